The smallest absolute Gasteiger partial charge is 0.258 e. The molecule has 12 heavy (non-hydrogen) atoms. The van der Waals surface area contributed by atoms with E-state index in [1.807, 2.05) is 20.8 Å². The van der Waals surface area contributed by atoms with Crippen LogP contribution in [0, 0.1) is 17.0 Å². The van der Waals surface area contributed by atoms with Crippen LogP contribution in [0.4, 0.5) is 5.69 Å². The van der Waals surface area contributed by atoms with Crippen LogP contribution >= 0.6 is 0 Å². The molecule has 0 aliphatic carbocycles. The highest BCUT2D eigenvalue weighted by Gasteiger charge is 2.00. The summed E-state index contributed by atoms with van der Waals surface area (Å²) in [4.78, 5) is 9.71. The summed E-state index contributed by atoms with van der Waals surface area (Å²) in [6.45, 7) is 5.89. The van der Waals surface area contributed by atoms with Gasteiger partial charge >= 0.3 is 0 Å². The largest absolute Gasteiger partial charge is 0.269 e. The van der Waals surface area contributed by atoms with Gasteiger partial charge in [-0.25, -0.2) is 0 Å². The number of nitro benzene ring substituents is 1. The molecule has 1 aromatic rings. The molecule has 0 unspecified atom stereocenters. The van der Waals surface area contributed by atoms with Gasteiger partial charge in [-0.1, -0.05) is 31.5 Å². The van der Waals surface area contributed by atoms with Crippen molar-refractivity contribution in [3.8, 4) is 0 Å². The van der Waals surface area contributed by atoms with Crippen LogP contribution in [0.5, 0.6) is 0 Å². The summed E-state index contributed by atoms with van der Waals surface area (Å²) >= 11 is 0. The fraction of sp³-hybridized carbons (Fsp3) is 0.333. The lowest BCUT2D eigenvalue weighted by Crippen LogP contribution is -1.86. The van der Waals surface area contributed by atoms with Gasteiger partial charge in [-0.2, -0.15) is 0 Å². The van der Waals surface area contributed by atoms with Crippen molar-refractivity contribution in [1.82, 2.24) is 0 Å². The highest BCUT2D eigenvalue weighted by molar-refractivity contribution is 5.31. The van der Waals surface area contributed by atoms with Crippen LogP contribution < -0.4 is 0 Å². The number of benzene rings is 1. The number of non-ortho nitro benzene ring substituents is 1. The molecule has 0 aliphatic rings. The summed E-state index contributed by atoms with van der Waals surface area (Å²) in [5, 5.41) is 10.1. The second-order valence-corrected chi connectivity index (χ2v) is 2.09. The standard InChI is InChI=1S/C7H7NO2.C2H6/c1-6-2-4-7(5-3-6)8(9)10;1-2/h2-5H,1H3;1-2H3. The van der Waals surface area contributed by atoms with Gasteiger partial charge in [0, 0.05) is 12.1 Å². The first-order valence-electron chi connectivity index (χ1n) is 3.91. The first-order valence-corrected chi connectivity index (χ1v) is 3.91. The summed E-state index contributed by atoms with van der Waals surface area (Å²) in [6.07, 6.45) is 0. The van der Waals surface area contributed by atoms with Crippen LogP contribution in [0.1, 0.15) is 19.4 Å². The fourth-order valence-corrected chi connectivity index (χ4v) is 0.666. The lowest BCUT2D eigenvalue weighted by atomic mass is 10.2. The number of nitro groups is 1. The molecule has 0 aromatic heterocycles. The molecule has 3 nitrogen and oxygen atoms in total. The average molecular weight is 167 g/mol. The third-order valence-electron chi connectivity index (χ3n) is 1.24. The van der Waals surface area contributed by atoms with Crippen molar-refractivity contribution in [1.29, 1.82) is 0 Å². The zero-order chi connectivity index (χ0) is 9.56. The van der Waals surface area contributed by atoms with E-state index in [4.69, 9.17) is 0 Å². The molecule has 66 valence electrons. The minimum atomic E-state index is -0.403. The van der Waals surface area contributed by atoms with Crippen molar-refractivity contribution in [2.45, 2.75) is 20.8 Å². The molecule has 0 fully saturated rings. The molecule has 0 saturated carbocycles. The van der Waals surface area contributed by atoms with Crippen LogP contribution in [0.25, 0.3) is 0 Å². The normalized spacial score (nSPS) is 8.25. The zero-order valence-electron chi connectivity index (χ0n) is 7.57. The second-order valence-electron chi connectivity index (χ2n) is 2.09. The van der Waals surface area contributed by atoms with Gasteiger partial charge in [-0.05, 0) is 6.92 Å². The zero-order valence-corrected chi connectivity index (χ0v) is 7.57. The average Bonchev–Trinajstić information content (AvgIpc) is 2.09. The molecule has 1 rings (SSSR count). The summed E-state index contributed by atoms with van der Waals surface area (Å²) in [6, 6.07) is 6.43. The lowest BCUT2D eigenvalue weighted by molar-refractivity contribution is -0.384. The molecule has 0 radical (unpaired) electrons. The summed E-state index contributed by atoms with van der Waals surface area (Å²) in [5.41, 5.74) is 1.18. The highest BCUT2D eigenvalue weighted by atomic mass is 16.6. The molecule has 3 heteroatoms. The van der Waals surface area contributed by atoms with E-state index in [-0.39, 0.29) is 5.69 Å². The molecule has 0 N–H and O–H groups in total. The number of rotatable bonds is 1. The Labute approximate surface area is 72.2 Å². The maximum Gasteiger partial charge on any atom is 0.269 e. The van der Waals surface area contributed by atoms with Crippen molar-refractivity contribution in [3.63, 3.8) is 0 Å². The Morgan fingerprint density at radius 2 is 1.58 bits per heavy atom. The van der Waals surface area contributed by atoms with Crippen LogP contribution in [-0.2, 0) is 0 Å². The molecule has 0 bridgehead atoms. The van der Waals surface area contributed by atoms with Crippen molar-refractivity contribution in [2.75, 3.05) is 0 Å². The SMILES string of the molecule is CC.Cc1ccc([N+](=O)[O-])cc1. The van der Waals surface area contributed by atoms with Crippen LogP contribution in [-0.4, -0.2) is 4.92 Å². The highest BCUT2D eigenvalue weighted by Crippen LogP contribution is 2.10. The molecule has 1 aromatic carbocycles. The van der Waals surface area contributed by atoms with Gasteiger partial charge in [0.25, 0.3) is 5.69 Å². The van der Waals surface area contributed by atoms with Crippen LogP contribution in [0.2, 0.25) is 0 Å². The van der Waals surface area contributed by atoms with E-state index in [9.17, 15) is 10.1 Å². The molecular formula is C9H13NO2. The van der Waals surface area contributed by atoms with Gasteiger partial charge in [-0.15, -0.1) is 0 Å². The Hall–Kier alpha value is -1.38. The van der Waals surface area contributed by atoms with Gasteiger partial charge in [-0.3, -0.25) is 10.1 Å². The molecular weight excluding hydrogens is 154 g/mol. The number of nitrogens with zero attached hydrogens (tertiary/aromatic N) is 1. The summed E-state index contributed by atoms with van der Waals surface area (Å²) < 4.78 is 0. The van der Waals surface area contributed by atoms with E-state index in [2.05, 4.69) is 0 Å². The van der Waals surface area contributed by atoms with Gasteiger partial charge in [0.1, 0.15) is 0 Å². The van der Waals surface area contributed by atoms with Gasteiger partial charge < -0.3 is 0 Å². The van der Waals surface area contributed by atoms with Crippen molar-refractivity contribution >= 4 is 5.69 Å². The quantitative estimate of drug-likeness (QED) is 0.476. The third kappa shape index (κ3) is 3.14. The molecule has 0 aliphatic heterocycles. The van der Waals surface area contributed by atoms with E-state index < -0.39 is 4.92 Å². The number of hydrogen-bond acceptors (Lipinski definition) is 2. The predicted molar refractivity (Wildman–Crippen MR) is 49.2 cm³/mol. The first kappa shape index (κ1) is 10.6. The Bertz CT molecular complexity index is 241. The Morgan fingerprint density at radius 1 is 1.17 bits per heavy atom. The number of aryl methyl sites for hydroxylation is 1. The first-order chi connectivity index (χ1) is 5.70. The Kier molecular flexibility index (Phi) is 4.69. The summed E-state index contributed by atoms with van der Waals surface area (Å²) in [5.74, 6) is 0. The van der Waals surface area contributed by atoms with Crippen molar-refractivity contribution in [3.05, 3.63) is 39.9 Å². The fourth-order valence-electron chi connectivity index (χ4n) is 0.666. The molecule has 0 heterocycles. The van der Waals surface area contributed by atoms with E-state index in [1.165, 1.54) is 12.1 Å². The van der Waals surface area contributed by atoms with E-state index in [0.717, 1.165) is 5.56 Å². The van der Waals surface area contributed by atoms with Crippen LogP contribution in [0.15, 0.2) is 24.3 Å². The van der Waals surface area contributed by atoms with E-state index >= 15 is 0 Å². The molecule has 0 amide bonds. The molecule has 0 spiro atoms. The molecule has 0 atom stereocenters. The monoisotopic (exact) mass is 167 g/mol. The maximum absolute atomic E-state index is 10.1. The molecule has 0 saturated heterocycles. The van der Waals surface area contributed by atoms with E-state index in [0.29, 0.717) is 0 Å². The summed E-state index contributed by atoms with van der Waals surface area (Å²) in [7, 11) is 0. The van der Waals surface area contributed by atoms with E-state index in [1.54, 1.807) is 12.1 Å². The Balaban J connectivity index is 0.000000561. The minimum absolute atomic E-state index is 0.144. The second kappa shape index (κ2) is 5.29. The predicted octanol–water partition coefficient (Wildman–Crippen LogP) is 2.93. The Morgan fingerprint density at radius 3 is 1.92 bits per heavy atom. The van der Waals surface area contributed by atoms with Gasteiger partial charge in [0.05, 0.1) is 4.92 Å². The van der Waals surface area contributed by atoms with Gasteiger partial charge in [0.2, 0.25) is 0 Å². The van der Waals surface area contributed by atoms with Crippen molar-refractivity contribution in [2.24, 2.45) is 0 Å². The lowest BCUT2D eigenvalue weighted by Gasteiger charge is -1.90. The topological polar surface area (TPSA) is 43.1 Å². The maximum atomic E-state index is 10.1. The number of hydrogen-bond donors (Lipinski definition) is 0. The third-order valence-corrected chi connectivity index (χ3v) is 1.24. The van der Waals surface area contributed by atoms with Gasteiger partial charge in [0.15, 0.2) is 0 Å². The van der Waals surface area contributed by atoms with Crippen LogP contribution in [0.3, 0.4) is 0 Å². The minimum Gasteiger partial charge on any atom is -0.258 e. The van der Waals surface area contributed by atoms with Crippen molar-refractivity contribution < 1.29 is 4.92 Å².